The van der Waals surface area contributed by atoms with Crippen molar-refractivity contribution in [3.05, 3.63) is 52.5 Å². The number of rotatable bonds is 3. The summed E-state index contributed by atoms with van der Waals surface area (Å²) in [5.74, 6) is 0.162. The van der Waals surface area contributed by atoms with Crippen LogP contribution >= 0.6 is 11.3 Å². The van der Waals surface area contributed by atoms with E-state index in [0.717, 1.165) is 6.42 Å². The molecule has 3 rings (SSSR count). The molecule has 92 valence electrons. The fraction of sp³-hybridized carbons (Fsp3) is 0.214. The van der Waals surface area contributed by atoms with Crippen molar-refractivity contribution >= 4 is 22.9 Å². The smallest absolute Gasteiger partial charge is 0.228 e. The summed E-state index contributed by atoms with van der Waals surface area (Å²) in [5.41, 5.74) is 0.651. The van der Waals surface area contributed by atoms with Gasteiger partial charge in [0.25, 0.3) is 0 Å². The molecule has 1 N–H and O–H groups in total. The maximum atomic E-state index is 12.7. The fourth-order valence-corrected chi connectivity index (χ4v) is 2.98. The topological polar surface area (TPSA) is 29.1 Å². The fourth-order valence-electron chi connectivity index (χ4n) is 2.07. The van der Waals surface area contributed by atoms with E-state index in [1.165, 1.54) is 17.0 Å². The maximum Gasteiger partial charge on any atom is 0.228 e. The number of halogens is 1. The van der Waals surface area contributed by atoms with Crippen LogP contribution in [0.1, 0.15) is 17.2 Å². The molecule has 1 heterocycles. The molecule has 1 amide bonds. The van der Waals surface area contributed by atoms with Crippen molar-refractivity contribution in [1.29, 1.82) is 0 Å². The molecule has 1 aromatic carbocycles. The standard InChI is InChI=1S/C14H12FNOS/c15-9-3-5-10(6-4-9)16-14(17)12-8-11(12)13-2-1-7-18-13/h1-7,11-12H,8H2,(H,16,17). The summed E-state index contributed by atoms with van der Waals surface area (Å²) in [6.45, 7) is 0. The third-order valence-electron chi connectivity index (χ3n) is 3.15. The Hall–Kier alpha value is -1.68. The average molecular weight is 261 g/mol. The van der Waals surface area contributed by atoms with Gasteiger partial charge in [-0.1, -0.05) is 6.07 Å². The molecule has 0 aliphatic heterocycles. The Labute approximate surface area is 108 Å². The molecule has 0 bridgehead atoms. The molecule has 2 atom stereocenters. The van der Waals surface area contributed by atoms with Gasteiger partial charge in [0.2, 0.25) is 5.91 Å². The molecular weight excluding hydrogens is 249 g/mol. The average Bonchev–Trinajstić information content (AvgIpc) is 2.99. The largest absolute Gasteiger partial charge is 0.326 e. The predicted molar refractivity (Wildman–Crippen MR) is 70.2 cm³/mol. The van der Waals surface area contributed by atoms with Crippen LogP contribution in [0.5, 0.6) is 0 Å². The summed E-state index contributed by atoms with van der Waals surface area (Å²) in [5, 5.41) is 4.85. The van der Waals surface area contributed by atoms with Crippen LogP contribution in [-0.2, 0) is 4.79 Å². The number of carbonyl (C=O) groups is 1. The first-order valence-corrected chi connectivity index (χ1v) is 6.72. The van der Waals surface area contributed by atoms with Gasteiger partial charge in [0.15, 0.2) is 0 Å². The van der Waals surface area contributed by atoms with Crippen molar-refractivity contribution in [2.24, 2.45) is 5.92 Å². The van der Waals surface area contributed by atoms with Crippen LogP contribution in [0.4, 0.5) is 10.1 Å². The molecule has 2 nitrogen and oxygen atoms in total. The SMILES string of the molecule is O=C(Nc1ccc(F)cc1)C1CC1c1cccs1. The van der Waals surface area contributed by atoms with Gasteiger partial charge in [0, 0.05) is 22.4 Å². The Morgan fingerprint density at radius 3 is 2.72 bits per heavy atom. The molecule has 4 heteroatoms. The minimum absolute atomic E-state index is 0.0278. The van der Waals surface area contributed by atoms with E-state index in [1.807, 2.05) is 11.4 Å². The number of amides is 1. The molecule has 0 spiro atoms. The normalized spacial score (nSPS) is 21.6. The number of nitrogens with one attached hydrogen (secondary N) is 1. The lowest BCUT2D eigenvalue weighted by Crippen LogP contribution is -2.14. The number of thiophene rings is 1. The van der Waals surface area contributed by atoms with E-state index in [1.54, 1.807) is 23.5 Å². The number of benzene rings is 1. The van der Waals surface area contributed by atoms with Gasteiger partial charge in [0.1, 0.15) is 5.82 Å². The zero-order valence-corrected chi connectivity index (χ0v) is 10.4. The van der Waals surface area contributed by atoms with Gasteiger partial charge in [-0.15, -0.1) is 11.3 Å². The van der Waals surface area contributed by atoms with Crippen LogP contribution in [0.15, 0.2) is 41.8 Å². The lowest BCUT2D eigenvalue weighted by molar-refractivity contribution is -0.117. The van der Waals surface area contributed by atoms with E-state index in [0.29, 0.717) is 11.6 Å². The third kappa shape index (κ3) is 2.29. The number of hydrogen-bond acceptors (Lipinski definition) is 2. The van der Waals surface area contributed by atoms with Crippen LogP contribution in [0, 0.1) is 11.7 Å². The molecule has 1 saturated carbocycles. The van der Waals surface area contributed by atoms with Gasteiger partial charge in [0.05, 0.1) is 0 Å². The van der Waals surface area contributed by atoms with Crippen molar-refractivity contribution in [2.75, 3.05) is 5.32 Å². The Bertz CT molecular complexity index is 550. The molecule has 1 aromatic heterocycles. The second kappa shape index (κ2) is 4.53. The van der Waals surface area contributed by atoms with Gasteiger partial charge in [-0.3, -0.25) is 4.79 Å². The minimum atomic E-state index is -0.295. The molecule has 1 aliphatic carbocycles. The monoisotopic (exact) mass is 261 g/mol. The summed E-state index contributed by atoms with van der Waals surface area (Å²) in [7, 11) is 0. The van der Waals surface area contributed by atoms with Crippen molar-refractivity contribution < 1.29 is 9.18 Å². The quantitative estimate of drug-likeness (QED) is 0.898. The van der Waals surface area contributed by atoms with E-state index >= 15 is 0 Å². The molecule has 2 unspecified atom stereocenters. The molecule has 2 aromatic rings. The molecule has 1 aliphatic rings. The zero-order valence-electron chi connectivity index (χ0n) is 9.60. The summed E-state index contributed by atoms with van der Waals surface area (Å²) < 4.78 is 12.7. The van der Waals surface area contributed by atoms with Crippen molar-refractivity contribution in [1.82, 2.24) is 0 Å². The molecule has 1 fully saturated rings. The van der Waals surface area contributed by atoms with E-state index in [-0.39, 0.29) is 17.6 Å². The summed E-state index contributed by atoms with van der Waals surface area (Å²) in [6, 6.07) is 9.93. The number of carbonyl (C=O) groups excluding carboxylic acids is 1. The Morgan fingerprint density at radius 1 is 1.28 bits per heavy atom. The zero-order chi connectivity index (χ0) is 12.5. The van der Waals surface area contributed by atoms with Crippen molar-refractivity contribution in [3.63, 3.8) is 0 Å². The van der Waals surface area contributed by atoms with Crippen LogP contribution < -0.4 is 5.32 Å². The summed E-state index contributed by atoms with van der Waals surface area (Å²) in [4.78, 5) is 13.2. The Balaban J connectivity index is 1.62. The summed E-state index contributed by atoms with van der Waals surface area (Å²) in [6.07, 6.45) is 0.910. The summed E-state index contributed by atoms with van der Waals surface area (Å²) >= 11 is 1.69. The Morgan fingerprint density at radius 2 is 2.06 bits per heavy atom. The van der Waals surface area contributed by atoms with Gasteiger partial charge in [-0.05, 0) is 42.1 Å². The van der Waals surface area contributed by atoms with Crippen molar-refractivity contribution in [3.8, 4) is 0 Å². The highest BCUT2D eigenvalue weighted by Crippen LogP contribution is 2.49. The molecule has 0 radical (unpaired) electrons. The van der Waals surface area contributed by atoms with E-state index in [4.69, 9.17) is 0 Å². The highest BCUT2D eigenvalue weighted by Gasteiger charge is 2.44. The lowest BCUT2D eigenvalue weighted by atomic mass is 10.2. The highest BCUT2D eigenvalue weighted by atomic mass is 32.1. The second-order valence-electron chi connectivity index (χ2n) is 4.46. The molecular formula is C14H12FNOS. The number of anilines is 1. The maximum absolute atomic E-state index is 12.7. The second-order valence-corrected chi connectivity index (χ2v) is 5.44. The first-order chi connectivity index (χ1) is 8.74. The van der Waals surface area contributed by atoms with E-state index < -0.39 is 0 Å². The molecule has 18 heavy (non-hydrogen) atoms. The first-order valence-electron chi connectivity index (χ1n) is 5.84. The highest BCUT2D eigenvalue weighted by molar-refractivity contribution is 7.10. The van der Waals surface area contributed by atoms with Crippen LogP contribution in [-0.4, -0.2) is 5.91 Å². The minimum Gasteiger partial charge on any atom is -0.326 e. The lowest BCUT2D eigenvalue weighted by Gasteiger charge is -2.04. The van der Waals surface area contributed by atoms with Crippen molar-refractivity contribution in [2.45, 2.75) is 12.3 Å². The van der Waals surface area contributed by atoms with Gasteiger partial charge >= 0.3 is 0 Å². The van der Waals surface area contributed by atoms with Gasteiger partial charge in [-0.2, -0.15) is 0 Å². The van der Waals surface area contributed by atoms with Crippen LogP contribution in [0.2, 0.25) is 0 Å². The van der Waals surface area contributed by atoms with Crippen LogP contribution in [0.3, 0.4) is 0 Å². The first kappa shape index (κ1) is 11.4. The van der Waals surface area contributed by atoms with Crippen LogP contribution in [0.25, 0.3) is 0 Å². The predicted octanol–water partition coefficient (Wildman–Crippen LogP) is 3.63. The van der Waals surface area contributed by atoms with E-state index in [2.05, 4.69) is 11.4 Å². The van der Waals surface area contributed by atoms with Gasteiger partial charge in [-0.25, -0.2) is 4.39 Å². The Kier molecular flexibility index (Phi) is 2.88. The van der Waals surface area contributed by atoms with E-state index in [9.17, 15) is 9.18 Å². The van der Waals surface area contributed by atoms with Gasteiger partial charge < -0.3 is 5.32 Å². The molecule has 0 saturated heterocycles. The number of hydrogen-bond donors (Lipinski definition) is 1. The third-order valence-corrected chi connectivity index (χ3v) is 4.15.